The lowest BCUT2D eigenvalue weighted by atomic mass is 10.1. The minimum atomic E-state index is -0.780. The molecular weight excluding hydrogens is 390 g/mol. The summed E-state index contributed by atoms with van der Waals surface area (Å²) in [6, 6.07) is 22.4. The van der Waals surface area contributed by atoms with Crippen molar-refractivity contribution in [3.05, 3.63) is 78.4 Å². The van der Waals surface area contributed by atoms with Crippen molar-refractivity contribution in [2.75, 3.05) is 12.4 Å². The zero-order chi connectivity index (χ0) is 21.8. The minimum absolute atomic E-state index is 0.351. The van der Waals surface area contributed by atoms with E-state index < -0.39 is 18.0 Å². The summed E-state index contributed by atoms with van der Waals surface area (Å²) in [5.41, 5.74) is 3.88. The number of carbonyl (C=O) groups excluding carboxylic acids is 2. The number of nitrogens with zero attached hydrogens (tertiary/aromatic N) is 1. The molecule has 0 radical (unpaired) electrons. The van der Waals surface area contributed by atoms with Crippen LogP contribution >= 0.6 is 0 Å². The van der Waals surface area contributed by atoms with Crippen LogP contribution in [0.2, 0.25) is 0 Å². The molecule has 1 aromatic heterocycles. The topological polar surface area (TPSA) is 72.4 Å². The Morgan fingerprint density at radius 3 is 2.39 bits per heavy atom. The summed E-state index contributed by atoms with van der Waals surface area (Å²) in [5, 5.41) is 7.80. The van der Waals surface area contributed by atoms with Crippen LogP contribution in [0.1, 0.15) is 12.5 Å². The molecule has 158 valence electrons. The van der Waals surface area contributed by atoms with Crippen molar-refractivity contribution in [2.45, 2.75) is 25.9 Å². The summed E-state index contributed by atoms with van der Waals surface area (Å²) in [4.78, 5) is 24.9. The number of ether oxygens (including phenoxy) is 1. The van der Waals surface area contributed by atoms with Crippen LogP contribution in [0.4, 0.5) is 10.5 Å². The highest BCUT2D eigenvalue weighted by molar-refractivity contribution is 6.09. The lowest BCUT2D eigenvalue weighted by Crippen LogP contribution is -2.45. The zero-order valence-corrected chi connectivity index (χ0v) is 17.6. The third-order valence-electron chi connectivity index (χ3n) is 5.42. The Kier molecular flexibility index (Phi) is 5.89. The fourth-order valence-electron chi connectivity index (χ4n) is 3.98. The molecule has 0 spiro atoms. The normalized spacial score (nSPS) is 11.9. The van der Waals surface area contributed by atoms with Crippen LogP contribution in [0.25, 0.3) is 21.8 Å². The molecule has 1 atom stereocenters. The highest BCUT2D eigenvalue weighted by atomic mass is 16.5. The third kappa shape index (κ3) is 4.23. The van der Waals surface area contributed by atoms with Gasteiger partial charge in [-0.1, -0.05) is 48.5 Å². The molecular formula is C25H25N3O3. The molecule has 2 N–H and O–H groups in total. The van der Waals surface area contributed by atoms with E-state index in [1.54, 1.807) is 0 Å². The van der Waals surface area contributed by atoms with Gasteiger partial charge in [-0.3, -0.25) is 0 Å². The maximum Gasteiger partial charge on any atom is 0.328 e. The Morgan fingerprint density at radius 2 is 1.65 bits per heavy atom. The van der Waals surface area contributed by atoms with Gasteiger partial charge < -0.3 is 19.9 Å². The Labute approximate surface area is 180 Å². The fraction of sp³-hybridized carbons (Fsp3) is 0.200. The van der Waals surface area contributed by atoms with Gasteiger partial charge in [-0.2, -0.15) is 0 Å². The molecule has 0 saturated heterocycles. The molecule has 31 heavy (non-hydrogen) atoms. The maximum atomic E-state index is 12.7. The smallest absolute Gasteiger partial charge is 0.328 e. The third-order valence-corrected chi connectivity index (χ3v) is 5.42. The second-order valence-electron chi connectivity index (χ2n) is 7.36. The highest BCUT2D eigenvalue weighted by Crippen LogP contribution is 2.30. The van der Waals surface area contributed by atoms with Gasteiger partial charge in [0.15, 0.2) is 0 Å². The van der Waals surface area contributed by atoms with E-state index >= 15 is 0 Å². The van der Waals surface area contributed by atoms with Gasteiger partial charge in [0.25, 0.3) is 0 Å². The number of urea groups is 1. The molecule has 4 rings (SSSR count). The van der Waals surface area contributed by atoms with Crippen molar-refractivity contribution in [1.82, 2.24) is 9.88 Å². The Hall–Kier alpha value is -3.80. The molecule has 3 aromatic carbocycles. The van der Waals surface area contributed by atoms with E-state index in [0.717, 1.165) is 33.9 Å². The number of rotatable bonds is 6. The van der Waals surface area contributed by atoms with Crippen molar-refractivity contribution >= 4 is 39.5 Å². The van der Waals surface area contributed by atoms with Crippen molar-refractivity contribution in [3.8, 4) is 0 Å². The number of fused-ring (bicyclic) bond motifs is 3. The first-order valence-electron chi connectivity index (χ1n) is 10.3. The Bertz CT molecular complexity index is 1230. The average Bonchev–Trinajstić information content (AvgIpc) is 3.11. The van der Waals surface area contributed by atoms with Gasteiger partial charge in [-0.25, -0.2) is 9.59 Å². The number of nitrogens with one attached hydrogen (secondary N) is 2. The van der Waals surface area contributed by atoms with Crippen LogP contribution in [0, 0.1) is 0 Å². The number of aryl methyl sites for hydroxylation is 1. The number of amides is 2. The molecule has 0 aliphatic rings. The number of para-hydroxylation sites is 1. The van der Waals surface area contributed by atoms with Crippen molar-refractivity contribution in [3.63, 3.8) is 0 Å². The van der Waals surface area contributed by atoms with E-state index in [-0.39, 0.29) is 0 Å². The number of aromatic nitrogens is 1. The van der Waals surface area contributed by atoms with Gasteiger partial charge in [-0.15, -0.1) is 0 Å². The van der Waals surface area contributed by atoms with E-state index in [1.165, 1.54) is 7.11 Å². The molecule has 6 nitrogen and oxygen atoms in total. The molecule has 4 aromatic rings. The number of esters is 1. The molecule has 0 saturated carbocycles. The summed E-state index contributed by atoms with van der Waals surface area (Å²) in [7, 11) is 1.32. The van der Waals surface area contributed by atoms with Gasteiger partial charge in [-0.05, 0) is 36.8 Å². The predicted octanol–water partition coefficient (Wildman–Crippen LogP) is 4.72. The quantitative estimate of drug-likeness (QED) is 0.448. The minimum Gasteiger partial charge on any atom is -0.467 e. The number of hydrogen-bond donors (Lipinski definition) is 2. The van der Waals surface area contributed by atoms with Gasteiger partial charge in [0.1, 0.15) is 6.04 Å². The van der Waals surface area contributed by atoms with Gasteiger partial charge in [0.2, 0.25) is 0 Å². The van der Waals surface area contributed by atoms with Gasteiger partial charge in [0, 0.05) is 40.5 Å². The lowest BCUT2D eigenvalue weighted by Gasteiger charge is -2.17. The molecule has 0 bridgehead atoms. The standard InChI is InChI=1S/C25H25N3O3/c1-3-28-22-12-8-7-11-19(22)20-16-18(13-14-23(20)28)26-25(30)27-21(24(29)31-2)15-17-9-5-4-6-10-17/h4-14,16,21H,3,15H2,1-2H3,(H2,26,27,30)/t21-/m0/s1. The van der Waals surface area contributed by atoms with Crippen LogP contribution in [-0.2, 0) is 22.5 Å². The molecule has 0 aliphatic heterocycles. The molecule has 0 fully saturated rings. The highest BCUT2D eigenvalue weighted by Gasteiger charge is 2.22. The second-order valence-corrected chi connectivity index (χ2v) is 7.36. The molecule has 2 amide bonds. The number of benzene rings is 3. The zero-order valence-electron chi connectivity index (χ0n) is 17.6. The first-order valence-corrected chi connectivity index (χ1v) is 10.3. The van der Waals surface area contributed by atoms with Gasteiger partial charge >= 0.3 is 12.0 Å². The molecule has 0 aliphatic carbocycles. The van der Waals surface area contributed by atoms with Crippen molar-refractivity contribution < 1.29 is 14.3 Å². The number of hydrogen-bond acceptors (Lipinski definition) is 3. The average molecular weight is 415 g/mol. The SMILES string of the molecule is CCn1c2ccccc2c2cc(NC(=O)N[C@@H](Cc3ccccc3)C(=O)OC)ccc21. The molecule has 6 heteroatoms. The van der Waals surface area contributed by atoms with E-state index in [9.17, 15) is 9.59 Å². The predicted molar refractivity (Wildman–Crippen MR) is 123 cm³/mol. The molecule has 1 heterocycles. The van der Waals surface area contributed by atoms with Gasteiger partial charge in [0.05, 0.1) is 7.11 Å². The van der Waals surface area contributed by atoms with Crippen LogP contribution < -0.4 is 10.6 Å². The number of methoxy groups -OCH3 is 1. The molecule has 0 unspecified atom stereocenters. The maximum absolute atomic E-state index is 12.7. The number of anilines is 1. The Morgan fingerprint density at radius 1 is 0.935 bits per heavy atom. The summed E-state index contributed by atoms with van der Waals surface area (Å²) in [5.74, 6) is -0.486. The van der Waals surface area contributed by atoms with E-state index in [1.807, 2.05) is 60.7 Å². The summed E-state index contributed by atoms with van der Waals surface area (Å²) in [6.07, 6.45) is 0.351. The van der Waals surface area contributed by atoms with Crippen LogP contribution in [0.15, 0.2) is 72.8 Å². The first-order chi connectivity index (χ1) is 15.1. The lowest BCUT2D eigenvalue weighted by molar-refractivity contribution is -0.142. The Balaban J connectivity index is 1.55. The summed E-state index contributed by atoms with van der Waals surface area (Å²) < 4.78 is 7.12. The summed E-state index contributed by atoms with van der Waals surface area (Å²) in [6.45, 7) is 2.97. The monoisotopic (exact) mass is 415 g/mol. The second kappa shape index (κ2) is 8.92. The summed E-state index contributed by atoms with van der Waals surface area (Å²) >= 11 is 0. The van der Waals surface area contributed by atoms with Crippen LogP contribution in [0.3, 0.4) is 0 Å². The first kappa shape index (κ1) is 20.5. The van der Waals surface area contributed by atoms with E-state index in [0.29, 0.717) is 12.1 Å². The van der Waals surface area contributed by atoms with E-state index in [4.69, 9.17) is 4.74 Å². The van der Waals surface area contributed by atoms with Crippen LogP contribution in [0.5, 0.6) is 0 Å². The van der Waals surface area contributed by atoms with Crippen molar-refractivity contribution in [2.24, 2.45) is 0 Å². The van der Waals surface area contributed by atoms with E-state index in [2.05, 4.69) is 34.3 Å². The largest absolute Gasteiger partial charge is 0.467 e. The fourth-order valence-corrected chi connectivity index (χ4v) is 3.98. The van der Waals surface area contributed by atoms with Crippen LogP contribution in [-0.4, -0.2) is 29.7 Å². The number of carbonyl (C=O) groups is 2. The van der Waals surface area contributed by atoms with Crippen molar-refractivity contribution in [1.29, 1.82) is 0 Å².